The fourth-order valence-electron chi connectivity index (χ4n) is 3.73. The molecular formula is C23H14F7NO6S2. The molecule has 0 aliphatic carbocycles. The van der Waals surface area contributed by atoms with Crippen molar-refractivity contribution >= 4 is 30.9 Å². The van der Waals surface area contributed by atoms with Gasteiger partial charge in [0.2, 0.25) is 9.84 Å². The Bertz CT molecular complexity index is 1740. The van der Waals surface area contributed by atoms with Crippen LogP contribution in [0.15, 0.2) is 70.6 Å². The van der Waals surface area contributed by atoms with Crippen molar-refractivity contribution in [2.75, 3.05) is 0 Å². The first-order chi connectivity index (χ1) is 17.9. The molecule has 39 heavy (non-hydrogen) atoms. The summed E-state index contributed by atoms with van der Waals surface area (Å²) in [6, 6.07) is 6.95. The van der Waals surface area contributed by atoms with Gasteiger partial charge in [-0.1, -0.05) is 0 Å². The topological polar surface area (TPSA) is 114 Å². The summed E-state index contributed by atoms with van der Waals surface area (Å²) in [5.74, 6) is -4.57. The maximum absolute atomic E-state index is 13.8. The highest BCUT2D eigenvalue weighted by Crippen LogP contribution is 2.47. The number of sulfone groups is 1. The minimum Gasteiger partial charge on any atom is -0.456 e. The van der Waals surface area contributed by atoms with Crippen molar-refractivity contribution < 1.29 is 56.9 Å². The lowest BCUT2D eigenvalue weighted by atomic mass is 10.0. The average molecular weight is 597 g/mol. The highest BCUT2D eigenvalue weighted by molar-refractivity contribution is 7.91. The number of ether oxygens (including phenoxy) is 1. The first-order valence-electron chi connectivity index (χ1n) is 10.4. The van der Waals surface area contributed by atoms with Gasteiger partial charge in [-0.25, -0.2) is 12.8 Å². The molecule has 0 saturated carbocycles. The molecule has 0 bridgehead atoms. The first kappa shape index (κ1) is 28.4. The quantitative estimate of drug-likeness (QED) is 0.152. The van der Waals surface area contributed by atoms with Crippen LogP contribution < -0.4 is 4.74 Å². The average Bonchev–Trinajstić information content (AvgIpc) is 3.22. The van der Waals surface area contributed by atoms with E-state index in [-0.39, 0.29) is 27.9 Å². The third-order valence-electron chi connectivity index (χ3n) is 5.36. The molecule has 1 heterocycles. The maximum atomic E-state index is 13.8. The van der Waals surface area contributed by atoms with E-state index in [1.165, 1.54) is 0 Å². The summed E-state index contributed by atoms with van der Waals surface area (Å²) in [7, 11) is -9.30. The lowest BCUT2D eigenvalue weighted by molar-refractivity contribution is -0.145. The molecular weight excluding hydrogens is 583 g/mol. The number of aromatic nitrogens is 1. The summed E-state index contributed by atoms with van der Waals surface area (Å²) in [4.78, 5) is 1.88. The van der Waals surface area contributed by atoms with E-state index in [4.69, 9.17) is 9.29 Å². The Kier molecular flexibility index (Phi) is 6.94. The van der Waals surface area contributed by atoms with Crippen molar-refractivity contribution in [3.63, 3.8) is 0 Å². The smallest absolute Gasteiger partial charge is 0.420 e. The van der Waals surface area contributed by atoms with Gasteiger partial charge in [0.15, 0.2) is 5.75 Å². The molecule has 16 heteroatoms. The van der Waals surface area contributed by atoms with E-state index in [1.807, 2.05) is 0 Å². The Labute approximate surface area is 215 Å². The molecule has 0 saturated heterocycles. The van der Waals surface area contributed by atoms with E-state index in [0.29, 0.717) is 0 Å². The van der Waals surface area contributed by atoms with Gasteiger partial charge in [-0.2, -0.15) is 34.8 Å². The van der Waals surface area contributed by atoms with Crippen molar-refractivity contribution in [1.82, 2.24) is 4.98 Å². The lowest BCUT2D eigenvalue weighted by Gasteiger charge is -2.20. The zero-order valence-corrected chi connectivity index (χ0v) is 20.6. The molecule has 0 atom stereocenters. The predicted octanol–water partition coefficient (Wildman–Crippen LogP) is 6.36. The van der Waals surface area contributed by atoms with Crippen molar-refractivity contribution in [3.8, 4) is 11.5 Å². The molecule has 0 unspecified atom stereocenters. The number of hydrogen-bond acceptors (Lipinski definition) is 5. The normalized spacial score (nSPS) is 13.1. The van der Waals surface area contributed by atoms with Gasteiger partial charge >= 0.3 is 12.4 Å². The molecule has 3 aromatic carbocycles. The molecule has 0 aliphatic heterocycles. The van der Waals surface area contributed by atoms with E-state index in [2.05, 4.69) is 4.98 Å². The number of alkyl halides is 6. The van der Waals surface area contributed by atoms with Crippen LogP contribution in [-0.2, 0) is 38.1 Å². The Morgan fingerprint density at radius 2 is 1.38 bits per heavy atom. The number of halogens is 7. The van der Waals surface area contributed by atoms with E-state index in [9.17, 15) is 47.6 Å². The van der Waals surface area contributed by atoms with E-state index >= 15 is 0 Å². The van der Waals surface area contributed by atoms with Crippen LogP contribution >= 0.6 is 0 Å². The van der Waals surface area contributed by atoms with Crippen molar-refractivity contribution in [3.05, 3.63) is 83.3 Å². The monoisotopic (exact) mass is 597 g/mol. The minimum absolute atomic E-state index is 0.0948. The second kappa shape index (κ2) is 9.53. The number of fused-ring (bicyclic) bond motifs is 1. The Morgan fingerprint density at radius 3 is 1.90 bits per heavy atom. The van der Waals surface area contributed by atoms with Gasteiger partial charge in [-0.15, -0.1) is 0 Å². The molecule has 7 nitrogen and oxygen atoms in total. The van der Waals surface area contributed by atoms with Gasteiger partial charge in [-0.3, -0.25) is 4.55 Å². The zero-order chi connectivity index (χ0) is 29.0. The second-order valence-corrected chi connectivity index (χ2v) is 11.5. The van der Waals surface area contributed by atoms with Crippen LogP contribution in [0.2, 0.25) is 0 Å². The molecule has 4 rings (SSSR count). The van der Waals surface area contributed by atoms with Crippen molar-refractivity contribution in [2.24, 2.45) is 0 Å². The van der Waals surface area contributed by atoms with Gasteiger partial charge in [0, 0.05) is 17.1 Å². The summed E-state index contributed by atoms with van der Waals surface area (Å²) in [6.45, 7) is 0. The SMILES string of the molecule is O=S(=O)(O)Cc1cc(C(F)(F)F)c(Oc2ccc3[nH]cc(S(=O)(=O)c4ccc(F)cc4)c3c2)c(C(F)(F)F)c1. The summed E-state index contributed by atoms with van der Waals surface area (Å²) in [5, 5.41) is -0.151. The third kappa shape index (κ3) is 6.02. The fraction of sp³-hybridized carbons (Fsp3) is 0.130. The molecule has 0 radical (unpaired) electrons. The number of hydrogen-bond donors (Lipinski definition) is 2. The Morgan fingerprint density at radius 1 is 0.821 bits per heavy atom. The molecule has 2 N–H and O–H groups in total. The van der Waals surface area contributed by atoms with Crippen LogP contribution in [-0.4, -0.2) is 26.4 Å². The Balaban J connectivity index is 1.88. The second-order valence-electron chi connectivity index (χ2n) is 8.16. The summed E-state index contributed by atoms with van der Waals surface area (Å²) < 4.78 is 158. The summed E-state index contributed by atoms with van der Waals surface area (Å²) >= 11 is 0. The van der Waals surface area contributed by atoms with E-state index < -0.39 is 77.0 Å². The summed E-state index contributed by atoms with van der Waals surface area (Å²) in [6.07, 6.45) is -9.88. The fourth-order valence-corrected chi connectivity index (χ4v) is 5.74. The number of H-pyrrole nitrogens is 1. The standard InChI is InChI=1S/C23H14F7NO6S2/c24-13-1-4-15(5-2-13)39(35,36)20-10-31-19-6-3-14(9-16(19)20)37-21-17(22(25,26)27)7-12(11-38(32,33)34)8-18(21)23(28,29)30/h1-10,31H,11H2,(H,32,33,34). The van der Waals surface area contributed by atoms with Gasteiger partial charge in [0.05, 0.1) is 20.9 Å². The third-order valence-corrected chi connectivity index (χ3v) is 7.86. The lowest BCUT2D eigenvalue weighted by Crippen LogP contribution is -2.16. The highest BCUT2D eigenvalue weighted by Gasteiger charge is 2.43. The molecule has 0 spiro atoms. The number of aromatic amines is 1. The molecule has 0 fully saturated rings. The molecule has 4 aromatic rings. The van der Waals surface area contributed by atoms with Gasteiger partial charge in [-0.05, 0) is 60.2 Å². The largest absolute Gasteiger partial charge is 0.456 e. The van der Waals surface area contributed by atoms with Gasteiger partial charge < -0.3 is 9.72 Å². The van der Waals surface area contributed by atoms with Crippen molar-refractivity contribution in [1.29, 1.82) is 0 Å². The van der Waals surface area contributed by atoms with Gasteiger partial charge in [0.1, 0.15) is 17.3 Å². The zero-order valence-electron chi connectivity index (χ0n) is 18.9. The van der Waals surface area contributed by atoms with Crippen LogP contribution in [0.5, 0.6) is 11.5 Å². The molecule has 208 valence electrons. The molecule has 0 amide bonds. The Hall–Kier alpha value is -3.63. The van der Waals surface area contributed by atoms with Crippen LogP contribution in [0.4, 0.5) is 30.7 Å². The predicted molar refractivity (Wildman–Crippen MR) is 122 cm³/mol. The van der Waals surface area contributed by atoms with Crippen LogP contribution in [0, 0.1) is 5.82 Å². The maximum Gasteiger partial charge on any atom is 0.420 e. The van der Waals surface area contributed by atoms with Crippen LogP contribution in [0.1, 0.15) is 16.7 Å². The van der Waals surface area contributed by atoms with Gasteiger partial charge in [0.25, 0.3) is 10.1 Å². The van der Waals surface area contributed by atoms with E-state index in [0.717, 1.165) is 48.7 Å². The van der Waals surface area contributed by atoms with Crippen molar-refractivity contribution in [2.45, 2.75) is 27.9 Å². The molecule has 0 aliphatic rings. The summed E-state index contributed by atoms with van der Waals surface area (Å²) in [5.41, 5.74) is -4.83. The highest BCUT2D eigenvalue weighted by atomic mass is 32.2. The first-order valence-corrected chi connectivity index (χ1v) is 13.5. The number of benzene rings is 3. The minimum atomic E-state index is -5.46. The van der Waals surface area contributed by atoms with E-state index in [1.54, 1.807) is 0 Å². The molecule has 1 aromatic heterocycles. The van der Waals surface area contributed by atoms with Crippen LogP contribution in [0.3, 0.4) is 0 Å². The number of rotatable bonds is 6. The number of nitrogens with one attached hydrogen (secondary N) is 1. The van der Waals surface area contributed by atoms with Crippen LogP contribution in [0.25, 0.3) is 10.9 Å².